The van der Waals surface area contributed by atoms with Crippen molar-refractivity contribution >= 4 is 17.2 Å². The summed E-state index contributed by atoms with van der Waals surface area (Å²) in [6, 6.07) is 16.6. The first-order chi connectivity index (χ1) is 10.2. The molecule has 0 spiro atoms. The fourth-order valence-corrected chi connectivity index (χ4v) is 2.69. The van der Waals surface area contributed by atoms with E-state index in [1.165, 1.54) is 11.1 Å². The lowest BCUT2D eigenvalue weighted by Crippen LogP contribution is -1.98. The molecule has 0 aliphatic heterocycles. The molecule has 0 bridgehead atoms. The van der Waals surface area contributed by atoms with E-state index >= 15 is 0 Å². The van der Waals surface area contributed by atoms with Crippen LogP contribution in [-0.2, 0) is 6.54 Å². The van der Waals surface area contributed by atoms with E-state index in [0.717, 1.165) is 29.3 Å². The third-order valence-corrected chi connectivity index (χ3v) is 3.97. The van der Waals surface area contributed by atoms with E-state index in [9.17, 15) is 4.79 Å². The average molecular weight is 277 g/mol. The second-order valence-corrected chi connectivity index (χ2v) is 5.74. The summed E-state index contributed by atoms with van der Waals surface area (Å²) >= 11 is 0. The molecule has 21 heavy (non-hydrogen) atoms. The van der Waals surface area contributed by atoms with E-state index in [2.05, 4.69) is 48.7 Å². The molecular formula is C19H19NO. The minimum Gasteiger partial charge on any atom is -0.343 e. The van der Waals surface area contributed by atoms with Gasteiger partial charge in [-0.2, -0.15) is 0 Å². The first-order valence-corrected chi connectivity index (χ1v) is 7.31. The number of hydrogen-bond acceptors (Lipinski definition) is 1. The van der Waals surface area contributed by atoms with Crippen molar-refractivity contribution in [1.82, 2.24) is 4.57 Å². The standard InChI is InChI=1S/C19H19NO/c1-14(2)16-8-6-15(7-9-16)12-20-11-10-18-17(13-21)4-3-5-19(18)20/h3-11,13-14H,12H2,1-2H3. The van der Waals surface area contributed by atoms with E-state index < -0.39 is 0 Å². The Labute approximate surface area is 125 Å². The fraction of sp³-hybridized carbons (Fsp3) is 0.211. The van der Waals surface area contributed by atoms with E-state index in [-0.39, 0.29) is 0 Å². The zero-order valence-electron chi connectivity index (χ0n) is 12.4. The molecule has 3 rings (SSSR count). The molecule has 2 nitrogen and oxygen atoms in total. The van der Waals surface area contributed by atoms with Crippen LogP contribution >= 0.6 is 0 Å². The zero-order chi connectivity index (χ0) is 14.8. The molecule has 1 aromatic heterocycles. The largest absolute Gasteiger partial charge is 0.343 e. The number of carbonyl (C=O) groups is 1. The van der Waals surface area contributed by atoms with Crippen LogP contribution in [0.5, 0.6) is 0 Å². The van der Waals surface area contributed by atoms with Crippen LogP contribution in [-0.4, -0.2) is 10.9 Å². The number of carbonyl (C=O) groups excluding carboxylic acids is 1. The highest BCUT2D eigenvalue weighted by molar-refractivity contribution is 5.97. The van der Waals surface area contributed by atoms with Crippen molar-refractivity contribution < 1.29 is 4.79 Å². The minimum absolute atomic E-state index is 0.557. The van der Waals surface area contributed by atoms with Crippen molar-refractivity contribution in [3.8, 4) is 0 Å². The van der Waals surface area contributed by atoms with E-state index in [4.69, 9.17) is 0 Å². The Morgan fingerprint density at radius 3 is 2.48 bits per heavy atom. The van der Waals surface area contributed by atoms with E-state index in [0.29, 0.717) is 5.92 Å². The Hall–Kier alpha value is -2.35. The SMILES string of the molecule is CC(C)c1ccc(Cn2ccc3c(C=O)cccc32)cc1. The van der Waals surface area contributed by atoms with Gasteiger partial charge >= 0.3 is 0 Å². The molecule has 0 aliphatic rings. The molecule has 0 amide bonds. The number of aromatic nitrogens is 1. The summed E-state index contributed by atoms with van der Waals surface area (Å²) in [5.74, 6) is 0.557. The minimum atomic E-state index is 0.557. The first kappa shape index (κ1) is 13.6. The van der Waals surface area contributed by atoms with Crippen LogP contribution in [0.4, 0.5) is 0 Å². The second kappa shape index (κ2) is 5.57. The van der Waals surface area contributed by atoms with Gasteiger partial charge in [0, 0.05) is 29.2 Å². The molecular weight excluding hydrogens is 258 g/mol. The summed E-state index contributed by atoms with van der Waals surface area (Å²) in [4.78, 5) is 11.1. The molecule has 0 radical (unpaired) electrons. The molecule has 0 N–H and O–H groups in total. The maximum atomic E-state index is 11.1. The van der Waals surface area contributed by atoms with Crippen LogP contribution in [0.15, 0.2) is 54.7 Å². The highest BCUT2D eigenvalue weighted by Gasteiger charge is 2.06. The summed E-state index contributed by atoms with van der Waals surface area (Å²) in [5.41, 5.74) is 4.49. The van der Waals surface area contributed by atoms with Crippen LogP contribution in [0.25, 0.3) is 10.9 Å². The number of hydrogen-bond donors (Lipinski definition) is 0. The van der Waals surface area contributed by atoms with Crippen molar-refractivity contribution in [2.75, 3.05) is 0 Å². The fourth-order valence-electron chi connectivity index (χ4n) is 2.69. The third kappa shape index (κ3) is 2.62. The monoisotopic (exact) mass is 277 g/mol. The quantitative estimate of drug-likeness (QED) is 0.637. The number of nitrogens with zero attached hydrogens (tertiary/aromatic N) is 1. The molecule has 0 saturated carbocycles. The van der Waals surface area contributed by atoms with E-state index in [1.54, 1.807) is 0 Å². The molecule has 2 heteroatoms. The molecule has 0 saturated heterocycles. The molecule has 3 aromatic rings. The van der Waals surface area contributed by atoms with Gasteiger partial charge in [-0.05, 0) is 29.2 Å². The summed E-state index contributed by atoms with van der Waals surface area (Å²) in [6.45, 7) is 5.23. The molecule has 1 heterocycles. The lowest BCUT2D eigenvalue weighted by molar-refractivity contribution is 0.112. The number of fused-ring (bicyclic) bond motifs is 1. The van der Waals surface area contributed by atoms with Crippen LogP contribution in [0, 0.1) is 0 Å². The second-order valence-electron chi connectivity index (χ2n) is 5.74. The Kier molecular flexibility index (Phi) is 3.61. The van der Waals surface area contributed by atoms with Crippen LogP contribution in [0.3, 0.4) is 0 Å². The molecule has 0 unspecified atom stereocenters. The zero-order valence-corrected chi connectivity index (χ0v) is 12.4. The van der Waals surface area contributed by atoms with Crippen molar-refractivity contribution in [3.63, 3.8) is 0 Å². The van der Waals surface area contributed by atoms with Crippen molar-refractivity contribution in [1.29, 1.82) is 0 Å². The molecule has 2 aromatic carbocycles. The van der Waals surface area contributed by atoms with Gasteiger partial charge in [-0.25, -0.2) is 0 Å². The summed E-state index contributed by atoms with van der Waals surface area (Å²) in [5, 5.41) is 1.02. The maximum Gasteiger partial charge on any atom is 0.150 e. The van der Waals surface area contributed by atoms with Gasteiger partial charge in [0.2, 0.25) is 0 Å². The van der Waals surface area contributed by atoms with Crippen molar-refractivity contribution in [3.05, 3.63) is 71.4 Å². The van der Waals surface area contributed by atoms with Crippen molar-refractivity contribution in [2.45, 2.75) is 26.3 Å². The molecule has 0 fully saturated rings. The van der Waals surface area contributed by atoms with Gasteiger partial charge < -0.3 is 4.57 Å². The molecule has 106 valence electrons. The van der Waals surface area contributed by atoms with Gasteiger partial charge in [-0.1, -0.05) is 50.2 Å². The van der Waals surface area contributed by atoms with Gasteiger partial charge in [0.15, 0.2) is 6.29 Å². The Morgan fingerprint density at radius 2 is 1.81 bits per heavy atom. The van der Waals surface area contributed by atoms with Gasteiger partial charge in [-0.15, -0.1) is 0 Å². The molecule has 0 atom stereocenters. The molecule has 0 aliphatic carbocycles. The number of aldehydes is 1. The summed E-state index contributed by atoms with van der Waals surface area (Å²) in [6.07, 6.45) is 2.97. The Bertz CT molecular complexity index is 766. The maximum absolute atomic E-state index is 11.1. The highest BCUT2D eigenvalue weighted by Crippen LogP contribution is 2.21. The smallest absolute Gasteiger partial charge is 0.150 e. The number of rotatable bonds is 4. The third-order valence-electron chi connectivity index (χ3n) is 3.97. The Morgan fingerprint density at radius 1 is 1.05 bits per heavy atom. The lowest BCUT2D eigenvalue weighted by atomic mass is 10.0. The van der Waals surface area contributed by atoms with Gasteiger partial charge in [0.1, 0.15) is 0 Å². The van der Waals surface area contributed by atoms with Crippen molar-refractivity contribution in [2.24, 2.45) is 0 Å². The van der Waals surface area contributed by atoms with Gasteiger partial charge in [-0.3, -0.25) is 4.79 Å². The number of benzene rings is 2. The predicted octanol–water partition coefficient (Wildman–Crippen LogP) is 4.63. The normalized spacial score (nSPS) is 11.2. The highest BCUT2D eigenvalue weighted by atomic mass is 16.1. The van der Waals surface area contributed by atoms with Crippen LogP contribution in [0.1, 0.15) is 41.3 Å². The van der Waals surface area contributed by atoms with Crippen LogP contribution in [0.2, 0.25) is 0 Å². The van der Waals surface area contributed by atoms with Gasteiger partial charge in [0.05, 0.1) is 0 Å². The summed E-state index contributed by atoms with van der Waals surface area (Å²) in [7, 11) is 0. The lowest BCUT2D eigenvalue weighted by Gasteiger charge is -2.09. The summed E-state index contributed by atoms with van der Waals surface area (Å²) < 4.78 is 2.19. The average Bonchev–Trinajstić information content (AvgIpc) is 2.91. The Balaban J connectivity index is 1.93. The van der Waals surface area contributed by atoms with Gasteiger partial charge in [0.25, 0.3) is 0 Å². The first-order valence-electron chi connectivity index (χ1n) is 7.31. The topological polar surface area (TPSA) is 22.0 Å². The predicted molar refractivity (Wildman–Crippen MR) is 87.0 cm³/mol. The van der Waals surface area contributed by atoms with E-state index in [1.807, 2.05) is 24.4 Å². The van der Waals surface area contributed by atoms with Crippen LogP contribution < -0.4 is 0 Å².